The summed E-state index contributed by atoms with van der Waals surface area (Å²) in [6.45, 7) is 5.87. The molecule has 7 heteroatoms. The Morgan fingerprint density at radius 2 is 2.11 bits per heavy atom. The highest BCUT2D eigenvalue weighted by molar-refractivity contribution is 5.88. The highest BCUT2D eigenvalue weighted by Crippen LogP contribution is 2.28. The number of anilines is 1. The molecule has 0 unspecified atom stereocenters. The van der Waals surface area contributed by atoms with Gasteiger partial charge in [0.05, 0.1) is 10.5 Å². The number of hydrogen-bond donors (Lipinski definition) is 2. The summed E-state index contributed by atoms with van der Waals surface area (Å²) in [6, 6.07) is 1.02. The Balaban J connectivity index is 3.21. The molecule has 0 fully saturated rings. The summed E-state index contributed by atoms with van der Waals surface area (Å²) in [4.78, 5) is 25.0. The molecule has 1 rings (SSSR count). The SMILES string of the molecule is CCC(C)(CC)Nc1ncc(C(=O)O)cc1[N+](=O)[O-]. The first kappa shape index (κ1) is 14.9. The quantitative estimate of drug-likeness (QED) is 0.606. The van der Waals surface area contributed by atoms with Gasteiger partial charge in [0.2, 0.25) is 5.82 Å². The van der Waals surface area contributed by atoms with Gasteiger partial charge in [0.15, 0.2) is 0 Å². The number of carboxylic acids is 1. The van der Waals surface area contributed by atoms with Crippen molar-refractivity contribution in [1.29, 1.82) is 0 Å². The molecule has 0 atom stereocenters. The second-order valence-corrected chi connectivity index (χ2v) is 4.55. The number of nitrogens with zero attached hydrogens (tertiary/aromatic N) is 2. The van der Waals surface area contributed by atoms with Crippen molar-refractivity contribution in [1.82, 2.24) is 4.98 Å². The van der Waals surface area contributed by atoms with Crippen LogP contribution in [0.4, 0.5) is 11.5 Å². The number of aromatic carboxylic acids is 1. The van der Waals surface area contributed by atoms with Crippen molar-refractivity contribution in [3.8, 4) is 0 Å². The number of aromatic nitrogens is 1. The van der Waals surface area contributed by atoms with Gasteiger partial charge in [-0.3, -0.25) is 10.1 Å². The average molecular weight is 267 g/mol. The fourth-order valence-corrected chi connectivity index (χ4v) is 1.52. The van der Waals surface area contributed by atoms with Crippen LogP contribution in [0.25, 0.3) is 0 Å². The molecule has 0 saturated heterocycles. The number of carboxylic acid groups (broad SMARTS) is 1. The maximum Gasteiger partial charge on any atom is 0.337 e. The predicted octanol–water partition coefficient (Wildman–Crippen LogP) is 2.68. The van der Waals surface area contributed by atoms with Crippen LogP contribution in [0.3, 0.4) is 0 Å². The first-order valence-electron chi connectivity index (χ1n) is 5.99. The van der Waals surface area contributed by atoms with Crippen LogP contribution in [0.2, 0.25) is 0 Å². The summed E-state index contributed by atoms with van der Waals surface area (Å²) in [5, 5.41) is 22.8. The van der Waals surface area contributed by atoms with Crippen LogP contribution in [0, 0.1) is 10.1 Å². The molecule has 0 aliphatic heterocycles. The zero-order valence-electron chi connectivity index (χ0n) is 11.1. The summed E-state index contributed by atoms with van der Waals surface area (Å²) in [7, 11) is 0. The van der Waals surface area contributed by atoms with Crippen molar-refractivity contribution in [2.24, 2.45) is 0 Å². The standard InChI is InChI=1S/C12H17N3O4/c1-4-12(3,5-2)14-10-9(15(18)19)6-8(7-13-10)11(16)17/h6-7H,4-5H2,1-3H3,(H,13,14)(H,16,17). The molecule has 0 spiro atoms. The topological polar surface area (TPSA) is 105 Å². The van der Waals surface area contributed by atoms with E-state index in [0.29, 0.717) is 0 Å². The molecule has 0 aliphatic carbocycles. The molecule has 104 valence electrons. The second-order valence-electron chi connectivity index (χ2n) is 4.55. The molecule has 1 aromatic rings. The van der Waals surface area contributed by atoms with Gasteiger partial charge in [-0.25, -0.2) is 9.78 Å². The zero-order chi connectivity index (χ0) is 14.6. The highest BCUT2D eigenvalue weighted by atomic mass is 16.6. The zero-order valence-corrected chi connectivity index (χ0v) is 11.1. The van der Waals surface area contributed by atoms with E-state index in [1.165, 1.54) is 0 Å². The minimum absolute atomic E-state index is 0.0983. The lowest BCUT2D eigenvalue weighted by Gasteiger charge is -2.28. The van der Waals surface area contributed by atoms with Crippen molar-refractivity contribution >= 4 is 17.5 Å². The van der Waals surface area contributed by atoms with Crippen LogP contribution in [0.15, 0.2) is 12.3 Å². The molecule has 0 radical (unpaired) electrons. The Hall–Kier alpha value is -2.18. The molecular formula is C12H17N3O4. The second kappa shape index (κ2) is 5.64. The Labute approximate surface area is 110 Å². The van der Waals surface area contributed by atoms with Gasteiger partial charge in [-0.2, -0.15) is 0 Å². The van der Waals surface area contributed by atoms with Crippen LogP contribution in [-0.2, 0) is 0 Å². The van der Waals surface area contributed by atoms with E-state index in [0.717, 1.165) is 25.1 Å². The molecule has 2 N–H and O–H groups in total. The number of rotatable bonds is 6. The van der Waals surface area contributed by atoms with Crippen LogP contribution >= 0.6 is 0 Å². The first-order chi connectivity index (χ1) is 8.83. The average Bonchev–Trinajstić information content (AvgIpc) is 2.38. The van der Waals surface area contributed by atoms with Crippen molar-refractivity contribution < 1.29 is 14.8 Å². The van der Waals surface area contributed by atoms with E-state index in [9.17, 15) is 14.9 Å². The Kier molecular flexibility index (Phi) is 4.42. The van der Waals surface area contributed by atoms with Crippen LogP contribution in [0.1, 0.15) is 44.0 Å². The summed E-state index contributed by atoms with van der Waals surface area (Å²) < 4.78 is 0. The largest absolute Gasteiger partial charge is 0.478 e. The minimum atomic E-state index is -1.24. The number of nitro groups is 1. The number of carbonyl (C=O) groups is 1. The summed E-state index contributed by atoms with van der Waals surface area (Å²) in [6.07, 6.45) is 2.65. The molecule has 0 bridgehead atoms. The predicted molar refractivity (Wildman–Crippen MR) is 70.5 cm³/mol. The van der Waals surface area contributed by atoms with E-state index in [1.807, 2.05) is 20.8 Å². The van der Waals surface area contributed by atoms with Gasteiger partial charge in [-0.05, 0) is 19.8 Å². The minimum Gasteiger partial charge on any atom is -0.478 e. The van der Waals surface area contributed by atoms with E-state index in [2.05, 4.69) is 10.3 Å². The van der Waals surface area contributed by atoms with E-state index in [1.54, 1.807) is 0 Å². The smallest absolute Gasteiger partial charge is 0.337 e. The summed E-state index contributed by atoms with van der Waals surface area (Å²) >= 11 is 0. The molecule has 19 heavy (non-hydrogen) atoms. The van der Waals surface area contributed by atoms with Crippen LogP contribution < -0.4 is 5.32 Å². The molecule has 7 nitrogen and oxygen atoms in total. The fourth-order valence-electron chi connectivity index (χ4n) is 1.52. The maximum atomic E-state index is 11.0. The molecule has 0 aliphatic rings. The van der Waals surface area contributed by atoms with Gasteiger partial charge in [0.25, 0.3) is 0 Å². The number of pyridine rings is 1. The first-order valence-corrected chi connectivity index (χ1v) is 5.99. The monoisotopic (exact) mass is 267 g/mol. The normalized spacial score (nSPS) is 11.1. The van der Waals surface area contributed by atoms with Gasteiger partial charge in [0, 0.05) is 17.8 Å². The van der Waals surface area contributed by atoms with Crippen molar-refractivity contribution in [2.75, 3.05) is 5.32 Å². The molecule has 0 saturated carbocycles. The lowest BCUT2D eigenvalue weighted by Crippen LogP contribution is -2.33. The molecule has 0 amide bonds. The molecular weight excluding hydrogens is 250 g/mol. The maximum absolute atomic E-state index is 11.0. The van der Waals surface area contributed by atoms with Gasteiger partial charge < -0.3 is 10.4 Å². The number of nitrogens with one attached hydrogen (secondary N) is 1. The van der Waals surface area contributed by atoms with Crippen molar-refractivity contribution in [3.05, 3.63) is 27.9 Å². The summed E-state index contributed by atoms with van der Waals surface area (Å²) in [5.74, 6) is -1.14. The van der Waals surface area contributed by atoms with E-state index in [4.69, 9.17) is 5.11 Å². The summed E-state index contributed by atoms with van der Waals surface area (Å²) in [5.41, 5.74) is -0.845. The highest BCUT2D eigenvalue weighted by Gasteiger charge is 2.26. The third-order valence-corrected chi connectivity index (χ3v) is 3.29. The Morgan fingerprint density at radius 3 is 2.53 bits per heavy atom. The van der Waals surface area contributed by atoms with Crippen LogP contribution in [0.5, 0.6) is 0 Å². The van der Waals surface area contributed by atoms with E-state index >= 15 is 0 Å². The van der Waals surface area contributed by atoms with Crippen molar-refractivity contribution in [2.45, 2.75) is 39.2 Å². The Bertz CT molecular complexity index is 498. The van der Waals surface area contributed by atoms with Crippen molar-refractivity contribution in [3.63, 3.8) is 0 Å². The fraction of sp³-hybridized carbons (Fsp3) is 0.500. The molecule has 1 aromatic heterocycles. The number of hydrogen-bond acceptors (Lipinski definition) is 5. The van der Waals surface area contributed by atoms with E-state index in [-0.39, 0.29) is 22.6 Å². The third kappa shape index (κ3) is 3.40. The molecule has 0 aromatic carbocycles. The van der Waals surface area contributed by atoms with Gasteiger partial charge in [-0.1, -0.05) is 13.8 Å². The third-order valence-electron chi connectivity index (χ3n) is 3.29. The van der Waals surface area contributed by atoms with E-state index < -0.39 is 10.9 Å². The Morgan fingerprint density at radius 1 is 1.53 bits per heavy atom. The lowest BCUT2D eigenvalue weighted by atomic mass is 9.95. The van der Waals surface area contributed by atoms with Crippen LogP contribution in [-0.4, -0.2) is 26.5 Å². The van der Waals surface area contributed by atoms with Gasteiger partial charge >= 0.3 is 11.7 Å². The van der Waals surface area contributed by atoms with Gasteiger partial charge in [0.1, 0.15) is 0 Å². The van der Waals surface area contributed by atoms with Gasteiger partial charge in [-0.15, -0.1) is 0 Å². The lowest BCUT2D eigenvalue weighted by molar-refractivity contribution is -0.384. The molecule has 1 heterocycles.